The number of rotatable bonds is 7. The van der Waals surface area contributed by atoms with Crippen LogP contribution in [0.4, 0.5) is 0 Å². The molecule has 1 aliphatic rings. The van der Waals surface area contributed by atoms with Crippen molar-refractivity contribution in [2.24, 2.45) is 5.92 Å². The Hall–Kier alpha value is -1.75. The minimum absolute atomic E-state index is 0.144. The molecule has 1 saturated heterocycles. The van der Waals surface area contributed by atoms with E-state index < -0.39 is 0 Å². The van der Waals surface area contributed by atoms with Gasteiger partial charge in [-0.3, -0.25) is 4.79 Å². The number of carbonyl (C=O) groups excluding carboxylic acids is 1. The number of ether oxygens (including phenoxy) is 2. The first-order valence-corrected chi connectivity index (χ1v) is 7.44. The van der Waals surface area contributed by atoms with E-state index in [2.05, 4.69) is 5.32 Å². The van der Waals surface area contributed by atoms with Crippen LogP contribution in [-0.2, 0) is 4.79 Å². The first-order valence-electron chi connectivity index (χ1n) is 7.44. The lowest BCUT2D eigenvalue weighted by Gasteiger charge is -2.20. The van der Waals surface area contributed by atoms with E-state index in [1.807, 2.05) is 36.2 Å². The number of amides is 1. The van der Waals surface area contributed by atoms with Gasteiger partial charge in [-0.15, -0.1) is 0 Å². The highest BCUT2D eigenvalue weighted by atomic mass is 16.5. The second kappa shape index (κ2) is 7.88. The van der Waals surface area contributed by atoms with Gasteiger partial charge in [-0.2, -0.15) is 0 Å². The highest BCUT2D eigenvalue weighted by molar-refractivity contribution is 5.79. The third-order valence-corrected chi connectivity index (χ3v) is 3.75. The zero-order valence-electron chi connectivity index (χ0n) is 12.8. The largest absolute Gasteiger partial charge is 0.493 e. The molecule has 1 aliphatic heterocycles. The van der Waals surface area contributed by atoms with Crippen molar-refractivity contribution in [3.05, 3.63) is 24.3 Å². The van der Waals surface area contributed by atoms with E-state index in [4.69, 9.17) is 9.47 Å². The van der Waals surface area contributed by atoms with Crippen molar-refractivity contribution in [2.75, 3.05) is 40.4 Å². The molecular weight excluding hydrogens is 268 g/mol. The molecule has 0 saturated carbocycles. The van der Waals surface area contributed by atoms with E-state index in [1.54, 1.807) is 7.11 Å². The second-order valence-corrected chi connectivity index (χ2v) is 5.30. The number of hydrogen-bond acceptors (Lipinski definition) is 4. The smallest absolute Gasteiger partial charge is 0.226 e. The lowest BCUT2D eigenvalue weighted by Crippen LogP contribution is -2.35. The Morgan fingerprint density at radius 2 is 2.14 bits per heavy atom. The minimum Gasteiger partial charge on any atom is -0.493 e. The number of benzene rings is 1. The van der Waals surface area contributed by atoms with Crippen molar-refractivity contribution >= 4 is 5.91 Å². The molecule has 5 nitrogen and oxygen atoms in total. The molecule has 0 radical (unpaired) electrons. The lowest BCUT2D eigenvalue weighted by atomic mass is 10.1. The molecule has 5 heteroatoms. The standard InChI is InChI=1S/C16H24N2O3/c1-18(16(19)13-8-9-17-12-13)10-5-11-21-15-7-4-3-6-14(15)20-2/h3-4,6-7,13,17H,5,8-12H2,1-2H3. The summed E-state index contributed by atoms with van der Waals surface area (Å²) in [5.41, 5.74) is 0. The maximum absolute atomic E-state index is 12.1. The van der Waals surface area contributed by atoms with Crippen LogP contribution in [0.5, 0.6) is 11.5 Å². The van der Waals surface area contributed by atoms with Crippen molar-refractivity contribution in [1.82, 2.24) is 10.2 Å². The van der Waals surface area contributed by atoms with E-state index in [1.165, 1.54) is 0 Å². The third kappa shape index (κ3) is 4.36. The number of para-hydroxylation sites is 2. The number of nitrogens with one attached hydrogen (secondary N) is 1. The Bertz CT molecular complexity index is 459. The molecule has 0 spiro atoms. The van der Waals surface area contributed by atoms with Gasteiger partial charge in [0.2, 0.25) is 5.91 Å². The van der Waals surface area contributed by atoms with Crippen molar-refractivity contribution < 1.29 is 14.3 Å². The molecule has 116 valence electrons. The normalized spacial score (nSPS) is 17.5. The monoisotopic (exact) mass is 292 g/mol. The summed E-state index contributed by atoms with van der Waals surface area (Å²) < 4.78 is 10.9. The predicted molar refractivity (Wildman–Crippen MR) is 81.7 cm³/mol. The molecule has 1 heterocycles. The van der Waals surface area contributed by atoms with Crippen LogP contribution in [0.15, 0.2) is 24.3 Å². The second-order valence-electron chi connectivity index (χ2n) is 5.30. The van der Waals surface area contributed by atoms with Crippen LogP contribution in [0.1, 0.15) is 12.8 Å². The maximum Gasteiger partial charge on any atom is 0.226 e. The highest BCUT2D eigenvalue weighted by Crippen LogP contribution is 2.25. The van der Waals surface area contributed by atoms with Crippen LogP contribution < -0.4 is 14.8 Å². The van der Waals surface area contributed by atoms with Gasteiger partial charge in [0.05, 0.1) is 19.6 Å². The molecular formula is C16H24N2O3. The fourth-order valence-electron chi connectivity index (χ4n) is 2.51. The molecule has 21 heavy (non-hydrogen) atoms. The predicted octanol–water partition coefficient (Wildman–Crippen LogP) is 1.53. The Kier molecular flexibility index (Phi) is 5.87. The SMILES string of the molecule is COc1ccccc1OCCCN(C)C(=O)C1CCNC1. The van der Waals surface area contributed by atoms with E-state index in [9.17, 15) is 4.79 Å². The zero-order valence-corrected chi connectivity index (χ0v) is 12.8. The molecule has 1 aromatic rings. The Morgan fingerprint density at radius 1 is 1.38 bits per heavy atom. The number of carbonyl (C=O) groups is 1. The molecule has 1 atom stereocenters. The summed E-state index contributed by atoms with van der Waals surface area (Å²) in [6, 6.07) is 7.59. The Labute approximate surface area is 126 Å². The molecule has 0 aromatic heterocycles. The quantitative estimate of drug-likeness (QED) is 0.774. The van der Waals surface area contributed by atoms with E-state index in [-0.39, 0.29) is 11.8 Å². The fraction of sp³-hybridized carbons (Fsp3) is 0.562. The molecule has 2 rings (SSSR count). The molecule has 1 aromatic carbocycles. The van der Waals surface area contributed by atoms with E-state index in [0.29, 0.717) is 13.2 Å². The summed E-state index contributed by atoms with van der Waals surface area (Å²) >= 11 is 0. The molecule has 1 unspecified atom stereocenters. The maximum atomic E-state index is 12.1. The number of methoxy groups -OCH3 is 1. The third-order valence-electron chi connectivity index (χ3n) is 3.75. The summed E-state index contributed by atoms with van der Waals surface area (Å²) in [5, 5.41) is 3.22. The minimum atomic E-state index is 0.144. The van der Waals surface area contributed by atoms with Crippen LogP contribution >= 0.6 is 0 Å². The molecule has 1 N–H and O–H groups in total. The van der Waals surface area contributed by atoms with Crippen LogP contribution in [0.2, 0.25) is 0 Å². The first-order chi connectivity index (χ1) is 10.2. The van der Waals surface area contributed by atoms with Gasteiger partial charge in [-0.05, 0) is 31.5 Å². The molecule has 0 aliphatic carbocycles. The summed E-state index contributed by atoms with van der Waals surface area (Å²) in [7, 11) is 3.49. The summed E-state index contributed by atoms with van der Waals surface area (Å²) in [6.07, 6.45) is 1.75. The van der Waals surface area contributed by atoms with Crippen molar-refractivity contribution in [3.8, 4) is 11.5 Å². The highest BCUT2D eigenvalue weighted by Gasteiger charge is 2.24. The number of hydrogen-bond donors (Lipinski definition) is 1. The van der Waals surface area contributed by atoms with E-state index >= 15 is 0 Å². The summed E-state index contributed by atoms with van der Waals surface area (Å²) in [6.45, 7) is 3.04. The summed E-state index contributed by atoms with van der Waals surface area (Å²) in [4.78, 5) is 13.9. The summed E-state index contributed by atoms with van der Waals surface area (Å²) in [5.74, 6) is 1.86. The first kappa shape index (κ1) is 15.6. The van der Waals surface area contributed by atoms with Crippen LogP contribution in [0.25, 0.3) is 0 Å². The van der Waals surface area contributed by atoms with Gasteiger partial charge in [0.15, 0.2) is 11.5 Å². The van der Waals surface area contributed by atoms with Crippen LogP contribution in [-0.4, -0.2) is 51.2 Å². The van der Waals surface area contributed by atoms with Crippen molar-refractivity contribution in [3.63, 3.8) is 0 Å². The van der Waals surface area contributed by atoms with Crippen molar-refractivity contribution in [2.45, 2.75) is 12.8 Å². The molecule has 1 amide bonds. The molecule has 1 fully saturated rings. The van der Waals surface area contributed by atoms with Gasteiger partial charge in [-0.1, -0.05) is 12.1 Å². The Morgan fingerprint density at radius 3 is 2.81 bits per heavy atom. The lowest BCUT2D eigenvalue weighted by molar-refractivity contribution is -0.133. The molecule has 0 bridgehead atoms. The van der Waals surface area contributed by atoms with Crippen LogP contribution in [0.3, 0.4) is 0 Å². The van der Waals surface area contributed by atoms with Gasteiger partial charge in [0, 0.05) is 20.1 Å². The average molecular weight is 292 g/mol. The number of nitrogens with zero attached hydrogens (tertiary/aromatic N) is 1. The van der Waals surface area contributed by atoms with Crippen molar-refractivity contribution in [1.29, 1.82) is 0 Å². The topological polar surface area (TPSA) is 50.8 Å². The van der Waals surface area contributed by atoms with Gasteiger partial charge in [0.1, 0.15) is 0 Å². The van der Waals surface area contributed by atoms with Gasteiger partial charge >= 0.3 is 0 Å². The van der Waals surface area contributed by atoms with E-state index in [0.717, 1.165) is 37.4 Å². The fourth-order valence-corrected chi connectivity index (χ4v) is 2.51. The van der Waals surface area contributed by atoms with Gasteiger partial charge < -0.3 is 19.7 Å². The van der Waals surface area contributed by atoms with Gasteiger partial charge in [-0.25, -0.2) is 0 Å². The van der Waals surface area contributed by atoms with Crippen LogP contribution in [0, 0.1) is 5.92 Å². The zero-order chi connectivity index (χ0) is 15.1. The Balaban J connectivity index is 1.70. The average Bonchev–Trinajstić information content (AvgIpc) is 3.05. The van der Waals surface area contributed by atoms with Gasteiger partial charge in [0.25, 0.3) is 0 Å².